The number of carbonyl (C=O) groups excluding carboxylic acids is 5. The lowest BCUT2D eigenvalue weighted by Crippen LogP contribution is -2.57. The molecule has 2 aromatic carbocycles. The number of hydrogen-bond acceptors (Lipinski definition) is 5. The summed E-state index contributed by atoms with van der Waals surface area (Å²) in [6.07, 6.45) is 3.76. The lowest BCUT2D eigenvalue weighted by Gasteiger charge is -2.30. The fraction of sp³-hybridized carbons (Fsp3) is 0.406. The molecule has 5 rings (SSSR count). The normalized spacial score (nSPS) is 22.8. The van der Waals surface area contributed by atoms with Crippen LogP contribution in [0.1, 0.15) is 30.9 Å². The van der Waals surface area contributed by atoms with Gasteiger partial charge in [0.1, 0.15) is 18.1 Å². The van der Waals surface area contributed by atoms with Crippen LogP contribution in [0.3, 0.4) is 0 Å². The summed E-state index contributed by atoms with van der Waals surface area (Å²) >= 11 is 0. The van der Waals surface area contributed by atoms with E-state index in [1.165, 1.54) is 16.8 Å². The molecule has 3 aromatic rings. The number of likely N-dealkylation sites (N-methyl/N-ethyl adjacent to an activating group) is 1. The molecule has 3 atom stereocenters. The number of nitrogens with zero attached hydrogens (tertiary/aromatic N) is 2. The molecule has 2 aliphatic rings. The second-order valence-electron chi connectivity index (χ2n) is 11.4. The van der Waals surface area contributed by atoms with Crippen molar-refractivity contribution in [2.24, 2.45) is 5.92 Å². The van der Waals surface area contributed by atoms with Gasteiger partial charge >= 0.3 is 0 Å². The summed E-state index contributed by atoms with van der Waals surface area (Å²) in [6, 6.07) is 14.2. The maximum absolute atomic E-state index is 13.9. The van der Waals surface area contributed by atoms with E-state index >= 15 is 0 Å². The number of hydrogen-bond donors (Lipinski definition) is 4. The number of fused-ring (bicyclic) bond motifs is 1. The zero-order valence-corrected chi connectivity index (χ0v) is 24.5. The summed E-state index contributed by atoms with van der Waals surface area (Å²) in [5.74, 6) is -2.13. The Balaban J connectivity index is 1.43. The predicted octanol–water partition coefficient (Wildman–Crippen LogP) is 1.14. The summed E-state index contributed by atoms with van der Waals surface area (Å²) in [5, 5.41) is 9.42. The minimum Gasteiger partial charge on any atom is -0.361 e. The number of carbonyl (C=O) groups is 5. The Kier molecular flexibility index (Phi) is 9.08. The second-order valence-corrected chi connectivity index (χ2v) is 11.4. The van der Waals surface area contributed by atoms with Crippen molar-refractivity contribution in [2.45, 2.75) is 50.7 Å². The quantitative estimate of drug-likeness (QED) is 0.355. The standard InChI is InChI=1S/C32H38N6O5/c1-20-29(40)36-26(16-21-8-4-3-5-9-21)30(41)33-14-15-38(31(42)22-12-13-22)19-28(39)35-27(32(43)37(20)2)17-23-18-34-25-11-7-6-10-24(23)25/h3-11,18,20,22,26-27,34H,12-17,19H2,1-2H3,(H,33,41)(H,35,39)(H,36,40)/t20-,26-,27-/m0/s1. The van der Waals surface area contributed by atoms with E-state index in [0.29, 0.717) is 0 Å². The maximum Gasteiger partial charge on any atom is 0.245 e. The first-order valence-corrected chi connectivity index (χ1v) is 14.7. The van der Waals surface area contributed by atoms with E-state index in [1.807, 2.05) is 60.8 Å². The molecule has 1 saturated carbocycles. The third-order valence-electron chi connectivity index (χ3n) is 8.21. The molecule has 11 heteroatoms. The molecule has 11 nitrogen and oxygen atoms in total. The van der Waals surface area contributed by atoms with Gasteiger partial charge < -0.3 is 30.7 Å². The highest BCUT2D eigenvalue weighted by Gasteiger charge is 2.36. The molecule has 4 N–H and O–H groups in total. The van der Waals surface area contributed by atoms with Gasteiger partial charge in [-0.1, -0.05) is 48.5 Å². The van der Waals surface area contributed by atoms with Gasteiger partial charge in [0, 0.05) is 56.0 Å². The zero-order valence-electron chi connectivity index (χ0n) is 24.5. The molecule has 2 heterocycles. The topological polar surface area (TPSA) is 144 Å². The van der Waals surface area contributed by atoms with Gasteiger partial charge in [0.2, 0.25) is 29.5 Å². The number of H-pyrrole nitrogens is 1. The van der Waals surface area contributed by atoms with Gasteiger partial charge in [0.15, 0.2) is 0 Å². The second kappa shape index (κ2) is 13.1. The van der Waals surface area contributed by atoms with Crippen molar-refractivity contribution < 1.29 is 24.0 Å². The van der Waals surface area contributed by atoms with Crippen molar-refractivity contribution in [3.8, 4) is 0 Å². The minimum atomic E-state index is -0.991. The van der Waals surface area contributed by atoms with Crippen LogP contribution in [0.25, 0.3) is 10.9 Å². The third kappa shape index (κ3) is 7.22. The number of nitrogens with one attached hydrogen (secondary N) is 4. The van der Waals surface area contributed by atoms with Crippen LogP contribution in [0.5, 0.6) is 0 Å². The van der Waals surface area contributed by atoms with Crippen LogP contribution in [0, 0.1) is 5.92 Å². The first-order valence-electron chi connectivity index (χ1n) is 14.7. The molecule has 0 unspecified atom stereocenters. The van der Waals surface area contributed by atoms with Crippen LogP contribution in [0.4, 0.5) is 0 Å². The summed E-state index contributed by atoms with van der Waals surface area (Å²) in [4.78, 5) is 72.9. The summed E-state index contributed by atoms with van der Waals surface area (Å²) in [7, 11) is 1.51. The SMILES string of the molecule is C[C@H]1C(=O)N[C@@H](Cc2ccccc2)C(=O)NCCN(C(=O)C2CC2)CC(=O)N[C@@H](Cc2c[nH]c3ccccc23)C(=O)N1C. The molecule has 2 fully saturated rings. The Bertz CT molecular complexity index is 1500. The van der Waals surface area contributed by atoms with Crippen molar-refractivity contribution in [3.63, 3.8) is 0 Å². The van der Waals surface area contributed by atoms with Gasteiger partial charge in [0.25, 0.3) is 0 Å². The highest BCUT2D eigenvalue weighted by molar-refractivity contribution is 5.95. The summed E-state index contributed by atoms with van der Waals surface area (Å²) in [5.41, 5.74) is 2.59. The molecule has 1 saturated heterocycles. The van der Waals surface area contributed by atoms with Gasteiger partial charge in [-0.25, -0.2) is 0 Å². The first kappa shape index (κ1) is 29.8. The van der Waals surface area contributed by atoms with E-state index in [1.54, 1.807) is 6.92 Å². The van der Waals surface area contributed by atoms with Crippen LogP contribution in [-0.2, 0) is 36.8 Å². The molecule has 1 aliphatic carbocycles. The highest BCUT2D eigenvalue weighted by Crippen LogP contribution is 2.31. The fourth-order valence-corrected chi connectivity index (χ4v) is 5.39. The molecule has 226 valence electrons. The van der Waals surface area contributed by atoms with E-state index in [9.17, 15) is 24.0 Å². The number of rotatable bonds is 5. The molecule has 1 aromatic heterocycles. The van der Waals surface area contributed by atoms with Crippen molar-refractivity contribution in [1.29, 1.82) is 0 Å². The highest BCUT2D eigenvalue weighted by atomic mass is 16.2. The Labute approximate surface area is 250 Å². The van der Waals surface area contributed by atoms with Crippen molar-refractivity contribution >= 4 is 40.4 Å². The zero-order chi connectivity index (χ0) is 30.5. The van der Waals surface area contributed by atoms with Crippen molar-refractivity contribution in [2.75, 3.05) is 26.7 Å². The van der Waals surface area contributed by atoms with Gasteiger partial charge in [0.05, 0.1) is 6.54 Å². The van der Waals surface area contributed by atoms with Crippen molar-refractivity contribution in [3.05, 3.63) is 71.9 Å². The Morgan fingerprint density at radius 1 is 0.884 bits per heavy atom. The lowest BCUT2D eigenvalue weighted by molar-refractivity contribution is -0.142. The van der Waals surface area contributed by atoms with E-state index in [0.717, 1.165) is 34.9 Å². The summed E-state index contributed by atoms with van der Waals surface area (Å²) < 4.78 is 0. The van der Waals surface area contributed by atoms with Crippen LogP contribution in [-0.4, -0.2) is 89.1 Å². The Hall–Kier alpha value is -4.67. The number of aromatic amines is 1. The number of aromatic nitrogens is 1. The van der Waals surface area contributed by atoms with Crippen LogP contribution < -0.4 is 16.0 Å². The average molecular weight is 587 g/mol. The molecular formula is C32H38N6O5. The largest absolute Gasteiger partial charge is 0.361 e. The average Bonchev–Trinajstić information content (AvgIpc) is 3.79. The molecule has 43 heavy (non-hydrogen) atoms. The van der Waals surface area contributed by atoms with Gasteiger partial charge in [-0.15, -0.1) is 0 Å². The summed E-state index contributed by atoms with van der Waals surface area (Å²) in [6.45, 7) is 1.58. The smallest absolute Gasteiger partial charge is 0.245 e. The van der Waals surface area contributed by atoms with E-state index in [4.69, 9.17) is 0 Å². The molecule has 0 spiro atoms. The monoisotopic (exact) mass is 586 g/mol. The molecule has 0 bridgehead atoms. The Morgan fingerprint density at radius 3 is 2.35 bits per heavy atom. The van der Waals surface area contributed by atoms with Crippen LogP contribution in [0.2, 0.25) is 0 Å². The molecular weight excluding hydrogens is 548 g/mol. The molecule has 5 amide bonds. The first-order chi connectivity index (χ1) is 20.7. The number of para-hydroxylation sites is 1. The van der Waals surface area contributed by atoms with Crippen molar-refractivity contribution in [1.82, 2.24) is 30.7 Å². The third-order valence-corrected chi connectivity index (χ3v) is 8.21. The lowest BCUT2D eigenvalue weighted by atomic mass is 10.0. The van der Waals surface area contributed by atoms with Gasteiger partial charge in [-0.05, 0) is 37.0 Å². The number of amides is 5. The van der Waals surface area contributed by atoms with Crippen LogP contribution in [0.15, 0.2) is 60.8 Å². The predicted molar refractivity (Wildman–Crippen MR) is 161 cm³/mol. The van der Waals surface area contributed by atoms with Gasteiger partial charge in [-0.3, -0.25) is 24.0 Å². The number of benzene rings is 2. The molecule has 0 radical (unpaired) electrons. The Morgan fingerprint density at radius 2 is 1.60 bits per heavy atom. The fourth-order valence-electron chi connectivity index (χ4n) is 5.39. The van der Waals surface area contributed by atoms with E-state index in [-0.39, 0.29) is 44.3 Å². The minimum absolute atomic E-state index is 0.110. The van der Waals surface area contributed by atoms with E-state index in [2.05, 4.69) is 20.9 Å². The maximum atomic E-state index is 13.9. The van der Waals surface area contributed by atoms with E-state index < -0.39 is 41.8 Å². The van der Waals surface area contributed by atoms with Gasteiger partial charge in [-0.2, -0.15) is 0 Å². The van der Waals surface area contributed by atoms with Crippen LogP contribution >= 0.6 is 0 Å². The molecule has 1 aliphatic heterocycles.